The second-order valence-corrected chi connectivity index (χ2v) is 7.94. The van der Waals surface area contributed by atoms with E-state index in [1.54, 1.807) is 32.1 Å². The smallest absolute Gasteiger partial charge is 0.239 e. The van der Waals surface area contributed by atoms with E-state index in [9.17, 15) is 13.6 Å². The molecular weight excluding hydrogens is 358 g/mol. The number of carbonyl (C=O) groups is 1. The molecule has 2 atom stereocenters. The first kappa shape index (κ1) is 18.8. The Labute approximate surface area is 156 Å². The Kier molecular flexibility index (Phi) is 5.62. The minimum atomic E-state index is -0.582. The molecule has 1 aliphatic rings. The van der Waals surface area contributed by atoms with Gasteiger partial charge in [0.25, 0.3) is 0 Å². The van der Waals surface area contributed by atoms with Crippen molar-refractivity contribution >= 4 is 17.7 Å². The SMILES string of the molecule is CN(C)C(=O)[C@@H]1C[C@@H](Sc2nccn2C)CN1Cc1c(F)cccc1F. The third kappa shape index (κ3) is 3.91. The van der Waals surface area contributed by atoms with Crippen LogP contribution in [0.25, 0.3) is 0 Å². The number of thioether (sulfide) groups is 1. The average molecular weight is 380 g/mol. The highest BCUT2D eigenvalue weighted by Gasteiger charge is 2.39. The second kappa shape index (κ2) is 7.75. The van der Waals surface area contributed by atoms with E-state index < -0.39 is 17.7 Å². The summed E-state index contributed by atoms with van der Waals surface area (Å²) in [6, 6.07) is 3.44. The first-order chi connectivity index (χ1) is 12.4. The molecule has 2 aromatic rings. The molecule has 26 heavy (non-hydrogen) atoms. The van der Waals surface area contributed by atoms with Crippen LogP contribution in [0.4, 0.5) is 8.78 Å². The number of carbonyl (C=O) groups excluding carboxylic acids is 1. The molecule has 1 fully saturated rings. The summed E-state index contributed by atoms with van der Waals surface area (Å²) < 4.78 is 30.1. The van der Waals surface area contributed by atoms with E-state index in [4.69, 9.17) is 0 Å². The molecule has 1 aromatic heterocycles. The third-order valence-corrected chi connectivity index (χ3v) is 5.84. The number of amides is 1. The van der Waals surface area contributed by atoms with Crippen LogP contribution in [0.2, 0.25) is 0 Å². The van der Waals surface area contributed by atoms with Gasteiger partial charge in [0, 0.05) is 57.4 Å². The van der Waals surface area contributed by atoms with E-state index in [-0.39, 0.29) is 23.3 Å². The lowest BCUT2D eigenvalue weighted by Crippen LogP contribution is -2.42. The van der Waals surface area contributed by atoms with Crippen molar-refractivity contribution in [2.75, 3.05) is 20.6 Å². The van der Waals surface area contributed by atoms with E-state index in [2.05, 4.69) is 4.98 Å². The number of rotatable bonds is 5. The van der Waals surface area contributed by atoms with Gasteiger partial charge < -0.3 is 9.47 Å². The van der Waals surface area contributed by atoms with Gasteiger partial charge in [0.1, 0.15) is 11.6 Å². The molecule has 8 heteroatoms. The fourth-order valence-electron chi connectivity index (χ4n) is 3.18. The summed E-state index contributed by atoms with van der Waals surface area (Å²) in [4.78, 5) is 20.3. The van der Waals surface area contributed by atoms with E-state index in [0.717, 1.165) is 5.16 Å². The molecule has 140 valence electrons. The number of halogens is 2. The first-order valence-electron chi connectivity index (χ1n) is 8.39. The number of imidazole rings is 1. The largest absolute Gasteiger partial charge is 0.347 e. The Morgan fingerprint density at radius 1 is 1.35 bits per heavy atom. The summed E-state index contributed by atoms with van der Waals surface area (Å²) in [5.74, 6) is -1.22. The van der Waals surface area contributed by atoms with Crippen LogP contribution in [0.1, 0.15) is 12.0 Å². The monoisotopic (exact) mass is 380 g/mol. The summed E-state index contributed by atoms with van der Waals surface area (Å²) >= 11 is 1.59. The number of aryl methyl sites for hydroxylation is 1. The van der Waals surface area contributed by atoms with Crippen LogP contribution < -0.4 is 0 Å². The van der Waals surface area contributed by atoms with Gasteiger partial charge in [-0.15, -0.1) is 0 Å². The molecule has 0 spiro atoms. The molecule has 0 aliphatic carbocycles. The number of hydrogen-bond acceptors (Lipinski definition) is 4. The normalized spacial score (nSPS) is 20.5. The number of hydrogen-bond donors (Lipinski definition) is 0. The summed E-state index contributed by atoms with van der Waals surface area (Å²) in [5, 5.41) is 0.991. The van der Waals surface area contributed by atoms with E-state index >= 15 is 0 Å². The molecule has 1 aromatic carbocycles. The zero-order chi connectivity index (χ0) is 18.8. The lowest BCUT2D eigenvalue weighted by atomic mass is 10.1. The highest BCUT2D eigenvalue weighted by molar-refractivity contribution is 7.99. The molecular formula is C18H22F2N4OS. The Hall–Kier alpha value is -1.93. The van der Waals surface area contributed by atoms with Crippen molar-refractivity contribution in [1.29, 1.82) is 0 Å². The molecule has 1 aliphatic heterocycles. The van der Waals surface area contributed by atoms with Gasteiger partial charge in [-0.25, -0.2) is 13.8 Å². The second-order valence-electron chi connectivity index (χ2n) is 6.67. The predicted octanol–water partition coefficient (Wildman–Crippen LogP) is 2.52. The van der Waals surface area contributed by atoms with Gasteiger partial charge in [0.05, 0.1) is 6.04 Å². The highest BCUT2D eigenvalue weighted by Crippen LogP contribution is 2.33. The molecule has 1 amide bonds. The van der Waals surface area contributed by atoms with Crippen molar-refractivity contribution < 1.29 is 13.6 Å². The van der Waals surface area contributed by atoms with Crippen LogP contribution in [-0.4, -0.2) is 57.2 Å². The molecule has 1 saturated heterocycles. The maximum Gasteiger partial charge on any atom is 0.239 e. The van der Waals surface area contributed by atoms with Crippen LogP contribution in [0.3, 0.4) is 0 Å². The summed E-state index contributed by atoms with van der Waals surface area (Å²) in [7, 11) is 5.31. The van der Waals surface area contributed by atoms with Crippen LogP contribution in [0, 0.1) is 11.6 Å². The molecule has 0 bridgehead atoms. The Balaban J connectivity index is 1.81. The van der Waals surface area contributed by atoms with Crippen LogP contribution in [0.5, 0.6) is 0 Å². The maximum atomic E-state index is 14.1. The highest BCUT2D eigenvalue weighted by atomic mass is 32.2. The molecule has 0 saturated carbocycles. The first-order valence-corrected chi connectivity index (χ1v) is 9.27. The molecule has 0 radical (unpaired) electrons. The molecule has 0 N–H and O–H groups in total. The fraction of sp³-hybridized carbons (Fsp3) is 0.444. The number of nitrogens with zero attached hydrogens (tertiary/aromatic N) is 4. The molecule has 3 rings (SSSR count). The van der Waals surface area contributed by atoms with Crippen molar-refractivity contribution in [3.8, 4) is 0 Å². The lowest BCUT2D eigenvalue weighted by Gasteiger charge is -2.26. The summed E-state index contributed by atoms with van der Waals surface area (Å²) in [6.45, 7) is 0.635. The van der Waals surface area contributed by atoms with Crippen molar-refractivity contribution in [1.82, 2.24) is 19.4 Å². The van der Waals surface area contributed by atoms with Crippen molar-refractivity contribution in [3.05, 3.63) is 47.8 Å². The van der Waals surface area contributed by atoms with Gasteiger partial charge >= 0.3 is 0 Å². The molecule has 2 heterocycles. The predicted molar refractivity (Wildman–Crippen MR) is 96.7 cm³/mol. The Morgan fingerprint density at radius 2 is 2.04 bits per heavy atom. The van der Waals surface area contributed by atoms with Crippen LogP contribution >= 0.6 is 11.8 Å². The fourth-order valence-corrected chi connectivity index (χ4v) is 4.37. The van der Waals surface area contributed by atoms with Crippen molar-refractivity contribution in [2.24, 2.45) is 7.05 Å². The van der Waals surface area contributed by atoms with E-state index in [1.807, 2.05) is 22.7 Å². The topological polar surface area (TPSA) is 41.4 Å². The van der Waals surface area contributed by atoms with Gasteiger partial charge in [-0.3, -0.25) is 9.69 Å². The zero-order valence-electron chi connectivity index (χ0n) is 15.0. The van der Waals surface area contributed by atoms with Gasteiger partial charge in [0.2, 0.25) is 5.91 Å². The summed E-state index contributed by atoms with van der Waals surface area (Å²) in [5.41, 5.74) is 0.00620. The summed E-state index contributed by atoms with van der Waals surface area (Å²) in [6.07, 6.45) is 4.21. The van der Waals surface area contributed by atoms with Gasteiger partial charge in [-0.05, 0) is 18.6 Å². The molecule has 0 unspecified atom stereocenters. The number of benzene rings is 1. The van der Waals surface area contributed by atoms with E-state index in [0.29, 0.717) is 13.0 Å². The minimum absolute atomic E-state index is 0.00620. The van der Waals surface area contributed by atoms with Gasteiger partial charge in [-0.2, -0.15) is 0 Å². The average Bonchev–Trinajstić information content (AvgIpc) is 3.17. The van der Waals surface area contributed by atoms with E-state index in [1.165, 1.54) is 23.1 Å². The number of aromatic nitrogens is 2. The Bertz CT molecular complexity index is 775. The third-order valence-electron chi connectivity index (χ3n) is 4.56. The van der Waals surface area contributed by atoms with Gasteiger partial charge in [-0.1, -0.05) is 17.8 Å². The minimum Gasteiger partial charge on any atom is -0.347 e. The van der Waals surface area contributed by atoms with Crippen LogP contribution in [0.15, 0.2) is 35.7 Å². The van der Waals surface area contributed by atoms with Crippen molar-refractivity contribution in [2.45, 2.75) is 29.4 Å². The van der Waals surface area contributed by atoms with Crippen molar-refractivity contribution in [3.63, 3.8) is 0 Å². The standard InChI is InChI=1S/C18H22F2N4OS/c1-22(2)17(25)16-9-12(26-18-21-7-8-23(18)3)10-24(16)11-13-14(19)5-4-6-15(13)20/h4-8,12,16H,9-11H2,1-3H3/t12-,16+/m1/s1. The number of likely N-dealkylation sites (tertiary alicyclic amines) is 1. The zero-order valence-corrected chi connectivity index (χ0v) is 15.8. The quantitative estimate of drug-likeness (QED) is 0.799. The van der Waals surface area contributed by atoms with Gasteiger partial charge in [0.15, 0.2) is 5.16 Å². The number of likely N-dealkylation sites (N-methyl/N-ethyl adjacent to an activating group) is 1. The lowest BCUT2D eigenvalue weighted by molar-refractivity contribution is -0.133. The Morgan fingerprint density at radius 3 is 2.62 bits per heavy atom. The van der Waals surface area contributed by atoms with Crippen LogP contribution in [-0.2, 0) is 18.4 Å². The molecule has 5 nitrogen and oxygen atoms in total. The maximum absolute atomic E-state index is 14.1.